The van der Waals surface area contributed by atoms with Crippen LogP contribution in [-0.2, 0) is 0 Å². The van der Waals surface area contributed by atoms with Crippen LogP contribution < -0.4 is 5.73 Å². The molecule has 1 aromatic rings. The minimum atomic E-state index is 0. The summed E-state index contributed by atoms with van der Waals surface area (Å²) in [5.74, 6) is 0. The van der Waals surface area contributed by atoms with Gasteiger partial charge in [-0.25, -0.2) is 0 Å². The Morgan fingerprint density at radius 2 is 1.73 bits per heavy atom. The molecule has 0 heterocycles. The van der Waals surface area contributed by atoms with Gasteiger partial charge >= 0.3 is 0 Å². The molecular formula is C12H20ClNS. The summed E-state index contributed by atoms with van der Waals surface area (Å²) in [6.07, 6.45) is 0. The van der Waals surface area contributed by atoms with Crippen LogP contribution in [0.2, 0.25) is 0 Å². The van der Waals surface area contributed by atoms with Gasteiger partial charge in [-0.2, -0.15) is 0 Å². The van der Waals surface area contributed by atoms with Gasteiger partial charge in [-0.15, -0.1) is 24.2 Å². The molecule has 2 N–H and O–H groups in total. The monoisotopic (exact) mass is 245 g/mol. The van der Waals surface area contributed by atoms with Gasteiger partial charge in [-0.1, -0.05) is 39.0 Å². The Morgan fingerprint density at radius 1 is 1.20 bits per heavy atom. The number of hydrogen-bond donors (Lipinski definition) is 1. The first-order valence-electron chi connectivity index (χ1n) is 4.93. The van der Waals surface area contributed by atoms with E-state index < -0.39 is 0 Å². The Labute approximate surface area is 103 Å². The largest absolute Gasteiger partial charge is 0.324 e. The zero-order valence-electron chi connectivity index (χ0n) is 9.78. The molecule has 0 unspecified atom stereocenters. The van der Waals surface area contributed by atoms with Crippen molar-refractivity contribution in [3.63, 3.8) is 0 Å². The maximum Gasteiger partial charge on any atom is 0.0277 e. The van der Waals surface area contributed by atoms with Crippen molar-refractivity contribution in [3.05, 3.63) is 29.8 Å². The molecule has 1 rings (SSSR count). The number of thioether (sulfide) groups is 1. The predicted molar refractivity (Wildman–Crippen MR) is 71.9 cm³/mol. The summed E-state index contributed by atoms with van der Waals surface area (Å²) in [7, 11) is 0. The van der Waals surface area contributed by atoms with Gasteiger partial charge in [0, 0.05) is 15.7 Å². The van der Waals surface area contributed by atoms with Crippen LogP contribution in [0, 0.1) is 0 Å². The zero-order valence-corrected chi connectivity index (χ0v) is 11.4. The van der Waals surface area contributed by atoms with Gasteiger partial charge in [0.05, 0.1) is 0 Å². The highest BCUT2D eigenvalue weighted by molar-refractivity contribution is 8.00. The van der Waals surface area contributed by atoms with Crippen LogP contribution >= 0.6 is 24.2 Å². The van der Waals surface area contributed by atoms with E-state index in [1.165, 1.54) is 10.5 Å². The smallest absolute Gasteiger partial charge is 0.0277 e. The van der Waals surface area contributed by atoms with E-state index in [4.69, 9.17) is 5.73 Å². The van der Waals surface area contributed by atoms with E-state index in [1.54, 1.807) is 0 Å². The predicted octanol–water partition coefficient (Wildman–Crippen LogP) is 4.02. The molecule has 0 saturated carbocycles. The maximum atomic E-state index is 5.92. The first-order valence-corrected chi connectivity index (χ1v) is 5.75. The summed E-state index contributed by atoms with van der Waals surface area (Å²) in [5.41, 5.74) is 7.16. The van der Waals surface area contributed by atoms with Gasteiger partial charge in [0.2, 0.25) is 0 Å². The summed E-state index contributed by atoms with van der Waals surface area (Å²) in [6, 6.07) is 8.49. The van der Waals surface area contributed by atoms with Gasteiger partial charge in [0.15, 0.2) is 0 Å². The average Bonchev–Trinajstić information content (AvgIpc) is 2.01. The van der Waals surface area contributed by atoms with Crippen LogP contribution in [0.1, 0.15) is 39.3 Å². The van der Waals surface area contributed by atoms with Crippen LogP contribution in [0.4, 0.5) is 0 Å². The normalized spacial score (nSPS) is 13.1. The van der Waals surface area contributed by atoms with Gasteiger partial charge < -0.3 is 5.73 Å². The number of benzene rings is 1. The van der Waals surface area contributed by atoms with Crippen molar-refractivity contribution in [2.24, 2.45) is 5.73 Å². The third kappa shape index (κ3) is 4.92. The van der Waals surface area contributed by atoms with Crippen molar-refractivity contribution in [2.75, 3.05) is 0 Å². The molecular weight excluding hydrogens is 226 g/mol. The number of rotatable bonds is 2. The Bertz CT molecular complexity index is 305. The molecule has 0 bridgehead atoms. The van der Waals surface area contributed by atoms with Crippen molar-refractivity contribution < 1.29 is 0 Å². The fourth-order valence-corrected chi connectivity index (χ4v) is 2.46. The fraction of sp³-hybridized carbons (Fsp3) is 0.500. The fourth-order valence-electron chi connectivity index (χ4n) is 1.28. The van der Waals surface area contributed by atoms with Gasteiger partial charge in [-0.3, -0.25) is 0 Å². The van der Waals surface area contributed by atoms with Crippen LogP contribution in [0.5, 0.6) is 0 Å². The van der Waals surface area contributed by atoms with E-state index in [0.29, 0.717) is 0 Å². The summed E-state index contributed by atoms with van der Waals surface area (Å²) in [6.45, 7) is 8.68. The number of hydrogen-bond acceptors (Lipinski definition) is 2. The van der Waals surface area contributed by atoms with Gasteiger partial charge in [0.25, 0.3) is 0 Å². The quantitative estimate of drug-likeness (QED) is 0.797. The van der Waals surface area contributed by atoms with E-state index in [1.807, 2.05) is 24.8 Å². The minimum Gasteiger partial charge on any atom is -0.324 e. The summed E-state index contributed by atoms with van der Waals surface area (Å²) in [5, 5.41) is 0. The van der Waals surface area contributed by atoms with Crippen molar-refractivity contribution in [2.45, 2.75) is 43.4 Å². The molecule has 0 aliphatic heterocycles. The Kier molecular flexibility index (Phi) is 5.71. The summed E-state index contributed by atoms with van der Waals surface area (Å²) in [4.78, 5) is 1.30. The highest BCUT2D eigenvalue weighted by Gasteiger charge is 2.15. The first kappa shape index (κ1) is 14.8. The molecule has 0 aliphatic carbocycles. The van der Waals surface area contributed by atoms with Crippen LogP contribution in [-0.4, -0.2) is 4.75 Å². The molecule has 0 aromatic heterocycles. The molecule has 1 atom stereocenters. The van der Waals surface area contributed by atoms with Crippen molar-refractivity contribution in [1.29, 1.82) is 0 Å². The van der Waals surface area contributed by atoms with E-state index in [0.717, 1.165) is 0 Å². The van der Waals surface area contributed by atoms with Crippen LogP contribution in [0.25, 0.3) is 0 Å². The lowest BCUT2D eigenvalue weighted by molar-refractivity contribution is 0.781. The lowest BCUT2D eigenvalue weighted by Gasteiger charge is -2.21. The second-order valence-electron chi connectivity index (χ2n) is 4.54. The third-order valence-corrected chi connectivity index (χ3v) is 3.03. The second kappa shape index (κ2) is 5.78. The Morgan fingerprint density at radius 3 is 2.20 bits per heavy atom. The third-order valence-electron chi connectivity index (χ3n) is 1.83. The molecule has 1 nitrogen and oxygen atoms in total. The SMILES string of the molecule is C[C@@H](N)c1ccccc1SC(C)(C)C.Cl. The Hall–Kier alpha value is -0.180. The lowest BCUT2D eigenvalue weighted by atomic mass is 10.1. The summed E-state index contributed by atoms with van der Waals surface area (Å²) >= 11 is 1.88. The van der Waals surface area contributed by atoms with Crippen molar-refractivity contribution in [1.82, 2.24) is 0 Å². The van der Waals surface area contributed by atoms with E-state index in [2.05, 4.69) is 39.0 Å². The first-order chi connectivity index (χ1) is 6.40. The topological polar surface area (TPSA) is 26.0 Å². The molecule has 86 valence electrons. The lowest BCUT2D eigenvalue weighted by Crippen LogP contribution is -2.11. The van der Waals surface area contributed by atoms with Crippen molar-refractivity contribution >= 4 is 24.2 Å². The molecule has 0 saturated heterocycles. The standard InChI is InChI=1S/C12H19NS.ClH/c1-9(13)10-7-5-6-8-11(10)14-12(2,3)4;/h5-9H,13H2,1-4H3;1H/t9-;/m1./s1. The molecule has 0 radical (unpaired) electrons. The number of nitrogens with two attached hydrogens (primary N) is 1. The second-order valence-corrected chi connectivity index (χ2v) is 6.41. The van der Waals surface area contributed by atoms with Crippen molar-refractivity contribution in [3.8, 4) is 0 Å². The molecule has 0 spiro atoms. The molecule has 0 fully saturated rings. The van der Waals surface area contributed by atoms with E-state index in [-0.39, 0.29) is 23.2 Å². The van der Waals surface area contributed by atoms with E-state index >= 15 is 0 Å². The minimum absolute atomic E-state index is 0. The van der Waals surface area contributed by atoms with Crippen LogP contribution in [0.15, 0.2) is 29.2 Å². The molecule has 1 aromatic carbocycles. The van der Waals surface area contributed by atoms with Gasteiger partial charge in [0.1, 0.15) is 0 Å². The van der Waals surface area contributed by atoms with Gasteiger partial charge in [-0.05, 0) is 18.6 Å². The summed E-state index contributed by atoms with van der Waals surface area (Å²) < 4.78 is 0.241. The Balaban J connectivity index is 0.00000196. The zero-order chi connectivity index (χ0) is 10.8. The molecule has 0 aliphatic rings. The molecule has 15 heavy (non-hydrogen) atoms. The molecule has 0 amide bonds. The maximum absolute atomic E-state index is 5.92. The highest BCUT2D eigenvalue weighted by Crippen LogP contribution is 2.35. The number of halogens is 1. The van der Waals surface area contributed by atoms with E-state index in [9.17, 15) is 0 Å². The average molecular weight is 246 g/mol. The highest BCUT2D eigenvalue weighted by atomic mass is 35.5. The van der Waals surface area contributed by atoms with Crippen LogP contribution in [0.3, 0.4) is 0 Å². The molecule has 3 heteroatoms.